The van der Waals surface area contributed by atoms with E-state index in [1.807, 2.05) is 0 Å². The highest BCUT2D eigenvalue weighted by Crippen LogP contribution is 2.30. The van der Waals surface area contributed by atoms with Crippen molar-refractivity contribution in [2.75, 3.05) is 5.32 Å². The van der Waals surface area contributed by atoms with E-state index in [-0.39, 0.29) is 27.1 Å². The summed E-state index contributed by atoms with van der Waals surface area (Å²) >= 11 is 6.05. The fourth-order valence-corrected chi connectivity index (χ4v) is 4.15. The van der Waals surface area contributed by atoms with Crippen LogP contribution in [0.5, 0.6) is 5.75 Å². The third-order valence-corrected chi connectivity index (χ3v) is 5.73. The molecule has 3 aromatic rings. The third kappa shape index (κ3) is 3.37. The highest BCUT2D eigenvalue weighted by atomic mass is 35.5. The lowest BCUT2D eigenvalue weighted by Gasteiger charge is -2.12. The molecule has 0 fully saturated rings. The molecule has 0 aromatic heterocycles. The first-order valence-corrected chi connectivity index (χ1v) is 10.0. The molecule has 28 heavy (non-hydrogen) atoms. The number of ether oxygens (including phenoxy) is 1. The molecule has 1 heterocycles. The zero-order valence-corrected chi connectivity index (χ0v) is 15.9. The van der Waals surface area contributed by atoms with Crippen molar-refractivity contribution in [3.8, 4) is 5.75 Å². The molecule has 3 aromatic carbocycles. The summed E-state index contributed by atoms with van der Waals surface area (Å²) in [5, 5.41) is 3.23. The van der Waals surface area contributed by atoms with Crippen LogP contribution in [0, 0.1) is 0 Å². The number of esters is 1. The predicted molar refractivity (Wildman–Crippen MR) is 107 cm³/mol. The highest BCUT2D eigenvalue weighted by Gasteiger charge is 2.29. The van der Waals surface area contributed by atoms with Crippen LogP contribution >= 0.6 is 11.6 Å². The second-order valence-electron chi connectivity index (χ2n) is 5.90. The number of para-hydroxylation sites is 2. The molecule has 1 aliphatic heterocycles. The Morgan fingerprint density at radius 2 is 1.61 bits per heavy atom. The molecule has 1 N–H and O–H groups in total. The number of rotatable bonds is 3. The second-order valence-corrected chi connectivity index (χ2v) is 7.88. The van der Waals surface area contributed by atoms with Gasteiger partial charge in [-0.05, 0) is 36.4 Å². The van der Waals surface area contributed by atoms with Crippen LogP contribution in [-0.4, -0.2) is 20.2 Å². The van der Waals surface area contributed by atoms with Crippen molar-refractivity contribution in [2.24, 2.45) is 4.40 Å². The molecule has 6 nitrogen and oxygen atoms in total. The van der Waals surface area contributed by atoms with Gasteiger partial charge >= 0.3 is 5.97 Å². The van der Waals surface area contributed by atoms with Gasteiger partial charge in [-0.1, -0.05) is 48.0 Å². The number of nitrogens with one attached hydrogen (secondary N) is 1. The summed E-state index contributed by atoms with van der Waals surface area (Å²) in [7, 11) is -3.76. The molecule has 0 saturated carbocycles. The van der Waals surface area contributed by atoms with Crippen molar-refractivity contribution in [3.05, 3.63) is 88.9 Å². The molecular formula is C20H13ClN2O4S. The lowest BCUT2D eigenvalue weighted by Crippen LogP contribution is -2.14. The van der Waals surface area contributed by atoms with Crippen LogP contribution in [0.4, 0.5) is 5.69 Å². The highest BCUT2D eigenvalue weighted by molar-refractivity contribution is 7.90. The van der Waals surface area contributed by atoms with Crippen molar-refractivity contribution in [2.45, 2.75) is 4.90 Å². The van der Waals surface area contributed by atoms with E-state index < -0.39 is 16.0 Å². The number of benzene rings is 3. The largest absolute Gasteiger partial charge is 0.421 e. The van der Waals surface area contributed by atoms with Gasteiger partial charge in [0.15, 0.2) is 11.6 Å². The van der Waals surface area contributed by atoms with Gasteiger partial charge in [-0.3, -0.25) is 0 Å². The number of hydrogen-bond donors (Lipinski definition) is 1. The van der Waals surface area contributed by atoms with E-state index in [1.54, 1.807) is 66.7 Å². The standard InChI is InChI=1S/C20H13ClN2O4S/c21-15-9-3-1-7-13(15)20(24)27-17-11-5-4-10-16(17)22-19-14-8-2-6-12-18(14)28(25,26)23-19/h1-12H,(H,22,23). The quantitative estimate of drug-likeness (QED) is 0.516. The van der Waals surface area contributed by atoms with Crippen molar-refractivity contribution in [3.63, 3.8) is 0 Å². The van der Waals surface area contributed by atoms with E-state index in [4.69, 9.17) is 16.3 Å². The van der Waals surface area contributed by atoms with Crippen LogP contribution < -0.4 is 10.1 Å². The van der Waals surface area contributed by atoms with Gasteiger partial charge in [0.25, 0.3) is 10.0 Å². The zero-order valence-electron chi connectivity index (χ0n) is 14.3. The molecule has 0 spiro atoms. The molecule has 0 radical (unpaired) electrons. The Kier molecular flexibility index (Phi) is 4.62. The number of carbonyl (C=O) groups is 1. The lowest BCUT2D eigenvalue weighted by molar-refractivity contribution is 0.0736. The Morgan fingerprint density at radius 3 is 2.43 bits per heavy atom. The van der Waals surface area contributed by atoms with E-state index in [9.17, 15) is 13.2 Å². The normalized spacial score (nSPS) is 14.1. The number of amidine groups is 1. The van der Waals surface area contributed by atoms with Crippen LogP contribution in [0.2, 0.25) is 5.02 Å². The number of nitrogens with zero attached hydrogens (tertiary/aromatic N) is 1. The summed E-state index contributed by atoms with van der Waals surface area (Å²) in [4.78, 5) is 12.6. The van der Waals surface area contributed by atoms with Gasteiger partial charge < -0.3 is 10.1 Å². The van der Waals surface area contributed by atoms with Gasteiger partial charge in [0.1, 0.15) is 4.90 Å². The minimum Gasteiger partial charge on any atom is -0.421 e. The fraction of sp³-hybridized carbons (Fsp3) is 0. The topological polar surface area (TPSA) is 84.8 Å². The number of sulfonamides is 1. The first-order valence-electron chi connectivity index (χ1n) is 8.23. The zero-order chi connectivity index (χ0) is 19.7. The molecule has 0 bridgehead atoms. The molecule has 4 rings (SSSR count). The number of hydrogen-bond acceptors (Lipinski definition) is 5. The van der Waals surface area contributed by atoms with Gasteiger partial charge in [-0.2, -0.15) is 8.42 Å². The smallest absolute Gasteiger partial charge is 0.345 e. The van der Waals surface area contributed by atoms with Crippen LogP contribution in [0.1, 0.15) is 15.9 Å². The summed E-state index contributed by atoms with van der Waals surface area (Å²) < 4.78 is 33.7. The Balaban J connectivity index is 1.65. The van der Waals surface area contributed by atoms with Crippen molar-refractivity contribution >= 4 is 39.1 Å². The Labute approximate surface area is 166 Å². The van der Waals surface area contributed by atoms with Crippen molar-refractivity contribution < 1.29 is 17.9 Å². The summed E-state index contributed by atoms with van der Waals surface area (Å²) in [5.74, 6) is -0.241. The average Bonchev–Trinajstić information content (AvgIpc) is 2.94. The molecule has 0 aliphatic carbocycles. The second kappa shape index (κ2) is 7.10. The Bertz CT molecular complexity index is 1220. The van der Waals surface area contributed by atoms with Gasteiger partial charge in [-0.25, -0.2) is 4.79 Å². The first-order chi connectivity index (χ1) is 13.5. The summed E-state index contributed by atoms with van der Waals surface area (Å²) in [5.41, 5.74) is 1.08. The van der Waals surface area contributed by atoms with E-state index in [1.165, 1.54) is 6.07 Å². The van der Waals surface area contributed by atoms with Gasteiger partial charge in [0.2, 0.25) is 0 Å². The Hall–Kier alpha value is -3.16. The van der Waals surface area contributed by atoms with Gasteiger partial charge in [0, 0.05) is 5.56 Å². The first kappa shape index (κ1) is 18.2. The number of halogens is 1. The van der Waals surface area contributed by atoms with Crippen LogP contribution in [0.25, 0.3) is 0 Å². The Morgan fingerprint density at radius 1 is 0.929 bits per heavy atom. The average molecular weight is 413 g/mol. The van der Waals surface area contributed by atoms with E-state index >= 15 is 0 Å². The van der Waals surface area contributed by atoms with E-state index in [2.05, 4.69) is 9.71 Å². The van der Waals surface area contributed by atoms with Crippen LogP contribution in [0.3, 0.4) is 0 Å². The molecular weight excluding hydrogens is 400 g/mol. The number of fused-ring (bicyclic) bond motifs is 1. The monoisotopic (exact) mass is 412 g/mol. The third-order valence-electron chi connectivity index (χ3n) is 4.07. The number of anilines is 1. The van der Waals surface area contributed by atoms with Gasteiger partial charge in [-0.15, -0.1) is 4.40 Å². The minimum atomic E-state index is -3.76. The number of carbonyl (C=O) groups excluding carboxylic acids is 1. The van der Waals surface area contributed by atoms with Crippen molar-refractivity contribution in [1.29, 1.82) is 0 Å². The van der Waals surface area contributed by atoms with E-state index in [0.717, 1.165) is 0 Å². The maximum Gasteiger partial charge on any atom is 0.345 e. The molecule has 0 unspecified atom stereocenters. The van der Waals surface area contributed by atoms with Crippen molar-refractivity contribution in [1.82, 2.24) is 0 Å². The van der Waals surface area contributed by atoms with Crippen LogP contribution in [-0.2, 0) is 10.0 Å². The molecule has 140 valence electrons. The molecule has 0 atom stereocenters. The SMILES string of the molecule is O=C(Oc1ccccc1NC1=NS(=O)(=O)c2ccccc21)c1ccccc1Cl. The molecule has 0 amide bonds. The summed E-state index contributed by atoms with van der Waals surface area (Å²) in [6.07, 6.45) is 0. The fourth-order valence-electron chi connectivity index (χ4n) is 2.76. The minimum absolute atomic E-state index is 0.128. The summed E-state index contributed by atoms with van der Waals surface area (Å²) in [6, 6.07) is 19.7. The molecule has 0 saturated heterocycles. The predicted octanol–water partition coefficient (Wildman–Crippen LogP) is 4.12. The van der Waals surface area contributed by atoms with Gasteiger partial charge in [0.05, 0.1) is 16.3 Å². The molecule has 8 heteroatoms. The summed E-state index contributed by atoms with van der Waals surface area (Å²) in [6.45, 7) is 0. The van der Waals surface area contributed by atoms with E-state index in [0.29, 0.717) is 11.3 Å². The maximum absolute atomic E-state index is 12.5. The van der Waals surface area contributed by atoms with Crippen LogP contribution in [0.15, 0.2) is 82.1 Å². The maximum atomic E-state index is 12.5. The lowest BCUT2D eigenvalue weighted by atomic mass is 10.2. The molecule has 1 aliphatic rings.